The lowest BCUT2D eigenvalue weighted by Crippen LogP contribution is -2.49. The van der Waals surface area contributed by atoms with Gasteiger partial charge in [-0.2, -0.15) is 0 Å². The van der Waals surface area contributed by atoms with Crippen LogP contribution in [0.5, 0.6) is 0 Å². The van der Waals surface area contributed by atoms with E-state index in [1.165, 1.54) is 70.6 Å². The third-order valence-electron chi connectivity index (χ3n) is 6.28. The molecule has 0 bridgehead atoms. The number of allylic oxidation sites excluding steroid dienone is 4. The maximum absolute atomic E-state index is 11.8. The lowest BCUT2D eigenvalue weighted by atomic mass is 10.0. The molecule has 0 spiro atoms. The van der Waals surface area contributed by atoms with Gasteiger partial charge in [0.1, 0.15) is 6.54 Å². The van der Waals surface area contributed by atoms with Crippen LogP contribution in [0.3, 0.4) is 0 Å². The van der Waals surface area contributed by atoms with Gasteiger partial charge in [-0.05, 0) is 51.4 Å². The van der Waals surface area contributed by atoms with Gasteiger partial charge in [0.15, 0.2) is 0 Å². The van der Waals surface area contributed by atoms with Crippen molar-refractivity contribution >= 4 is 7.60 Å². The first-order valence-electron chi connectivity index (χ1n) is 13.9. The van der Waals surface area contributed by atoms with Crippen LogP contribution in [0.2, 0.25) is 0 Å². The Morgan fingerprint density at radius 3 is 1.44 bits per heavy atom. The highest BCUT2D eigenvalue weighted by Gasteiger charge is 2.48. The number of unbranched alkanes of at least 4 members (excludes halogenated alkanes) is 14. The minimum atomic E-state index is -4.55. The summed E-state index contributed by atoms with van der Waals surface area (Å²) in [4.78, 5) is 19.2. The minimum absolute atomic E-state index is 0.0572. The summed E-state index contributed by atoms with van der Waals surface area (Å²) in [5, 5.41) is 8.64. The molecular formula is C28H57NO4P+. The van der Waals surface area contributed by atoms with Crippen molar-refractivity contribution < 1.29 is 23.9 Å². The van der Waals surface area contributed by atoms with Gasteiger partial charge in [0.25, 0.3) is 0 Å². The van der Waals surface area contributed by atoms with E-state index in [0.29, 0.717) is 10.9 Å². The topological polar surface area (TPSA) is 77.8 Å². The molecule has 0 aliphatic heterocycles. The standard InChI is InChI=1S/C28H56NO4P/c1-5-6-7-8-9-10-11-12-13-14-15-16-17-18-19-20-21-22-23-24-25-26-28(30,34(31,32)33)27-29(2,3)4/h11-12,15-16,30H,5-10,13-14,17-27H2,1-4H3,(H-,31,32,33)/p+1/b12-11-,16-15-. The molecule has 0 radical (unpaired) electrons. The number of nitrogens with zero attached hydrogens (tertiary/aromatic N) is 1. The molecule has 5 nitrogen and oxygen atoms in total. The maximum atomic E-state index is 11.8. The van der Waals surface area contributed by atoms with Crippen LogP contribution in [0.4, 0.5) is 0 Å². The average molecular weight is 503 g/mol. The fraction of sp³-hybridized carbons (Fsp3) is 0.857. The largest absolute Gasteiger partial charge is 0.373 e. The van der Waals surface area contributed by atoms with Crippen LogP contribution in [0.1, 0.15) is 122 Å². The lowest BCUT2D eigenvalue weighted by Gasteiger charge is -2.35. The van der Waals surface area contributed by atoms with Crippen LogP contribution >= 0.6 is 7.60 Å². The molecule has 3 N–H and O–H groups in total. The van der Waals surface area contributed by atoms with Crippen LogP contribution < -0.4 is 0 Å². The van der Waals surface area contributed by atoms with Crippen molar-refractivity contribution in [3.8, 4) is 0 Å². The smallest absolute Gasteiger partial charge is 0.362 e. The van der Waals surface area contributed by atoms with Gasteiger partial charge in [-0.15, -0.1) is 0 Å². The van der Waals surface area contributed by atoms with Crippen LogP contribution in [-0.2, 0) is 4.57 Å². The van der Waals surface area contributed by atoms with E-state index >= 15 is 0 Å². The highest BCUT2D eigenvalue weighted by Crippen LogP contribution is 2.52. The summed E-state index contributed by atoms with van der Waals surface area (Å²) >= 11 is 0. The molecule has 0 fully saturated rings. The van der Waals surface area contributed by atoms with Crippen molar-refractivity contribution in [2.45, 2.75) is 128 Å². The molecule has 1 atom stereocenters. The molecule has 0 saturated carbocycles. The molecule has 0 amide bonds. The number of hydrogen-bond acceptors (Lipinski definition) is 2. The molecule has 202 valence electrons. The number of rotatable bonds is 23. The van der Waals surface area contributed by atoms with E-state index in [-0.39, 0.29) is 13.0 Å². The van der Waals surface area contributed by atoms with Crippen molar-refractivity contribution in [2.24, 2.45) is 0 Å². The Hall–Kier alpha value is -0.450. The highest BCUT2D eigenvalue weighted by molar-refractivity contribution is 7.53. The molecule has 34 heavy (non-hydrogen) atoms. The van der Waals surface area contributed by atoms with Gasteiger partial charge in [-0.1, -0.05) is 95.4 Å². The first-order valence-corrected chi connectivity index (χ1v) is 15.5. The second-order valence-corrected chi connectivity index (χ2v) is 13.0. The van der Waals surface area contributed by atoms with E-state index < -0.39 is 12.9 Å². The van der Waals surface area contributed by atoms with Crippen molar-refractivity contribution in [1.82, 2.24) is 0 Å². The first-order chi connectivity index (χ1) is 16.0. The molecule has 0 aliphatic rings. The summed E-state index contributed by atoms with van der Waals surface area (Å²) in [6.07, 6.45) is 29.8. The van der Waals surface area contributed by atoms with Crippen LogP contribution in [0, 0.1) is 0 Å². The number of likely N-dealkylation sites (N-methyl/N-ethyl adjacent to an activating group) is 1. The zero-order chi connectivity index (χ0) is 25.8. The molecule has 0 rings (SSSR count). The molecule has 0 heterocycles. The monoisotopic (exact) mass is 502 g/mol. The average Bonchev–Trinajstić information content (AvgIpc) is 2.73. The van der Waals surface area contributed by atoms with Crippen LogP contribution in [-0.4, -0.2) is 52.4 Å². The molecule has 0 aromatic carbocycles. The summed E-state index contributed by atoms with van der Waals surface area (Å²) in [5.74, 6) is 0. The first kappa shape index (κ1) is 33.5. The fourth-order valence-corrected chi connectivity index (χ4v) is 5.39. The number of hydrogen-bond donors (Lipinski definition) is 3. The second-order valence-electron chi connectivity index (χ2n) is 11.1. The van der Waals surface area contributed by atoms with E-state index in [1.54, 1.807) is 0 Å². The van der Waals surface area contributed by atoms with E-state index in [4.69, 9.17) is 0 Å². The van der Waals surface area contributed by atoms with Gasteiger partial charge in [-0.25, -0.2) is 0 Å². The van der Waals surface area contributed by atoms with Crippen molar-refractivity contribution in [1.29, 1.82) is 0 Å². The zero-order valence-electron chi connectivity index (χ0n) is 22.9. The van der Waals surface area contributed by atoms with Crippen molar-refractivity contribution in [3.63, 3.8) is 0 Å². The summed E-state index contributed by atoms with van der Waals surface area (Å²) in [7, 11) is 0.968. The molecule has 0 aromatic rings. The predicted molar refractivity (Wildman–Crippen MR) is 147 cm³/mol. The van der Waals surface area contributed by atoms with Gasteiger partial charge in [0.2, 0.25) is 5.34 Å². The minimum Gasteiger partial charge on any atom is -0.373 e. The van der Waals surface area contributed by atoms with Crippen molar-refractivity contribution in [3.05, 3.63) is 24.3 Å². The Labute approximate surface area is 211 Å². The summed E-state index contributed by atoms with van der Waals surface area (Å²) < 4.78 is 12.1. The third kappa shape index (κ3) is 19.8. The lowest BCUT2D eigenvalue weighted by molar-refractivity contribution is -0.875. The molecule has 1 unspecified atom stereocenters. The Bertz CT molecular complexity index is 579. The Morgan fingerprint density at radius 2 is 1.03 bits per heavy atom. The summed E-state index contributed by atoms with van der Waals surface area (Å²) in [6.45, 7) is 2.32. The second kappa shape index (κ2) is 19.7. The van der Waals surface area contributed by atoms with E-state index in [0.717, 1.165) is 32.1 Å². The zero-order valence-corrected chi connectivity index (χ0v) is 23.8. The van der Waals surface area contributed by atoms with Crippen LogP contribution in [0.15, 0.2) is 24.3 Å². The van der Waals surface area contributed by atoms with Gasteiger partial charge in [-0.3, -0.25) is 4.57 Å². The normalized spacial score (nSPS) is 14.9. The maximum Gasteiger partial charge on any atom is 0.362 e. The van der Waals surface area contributed by atoms with Gasteiger partial charge in [0, 0.05) is 0 Å². The van der Waals surface area contributed by atoms with E-state index in [1.807, 2.05) is 21.1 Å². The van der Waals surface area contributed by atoms with Gasteiger partial charge >= 0.3 is 7.60 Å². The Morgan fingerprint density at radius 1 is 0.647 bits per heavy atom. The van der Waals surface area contributed by atoms with Gasteiger partial charge < -0.3 is 19.4 Å². The quantitative estimate of drug-likeness (QED) is 0.0578. The predicted octanol–water partition coefficient (Wildman–Crippen LogP) is 7.71. The summed E-state index contributed by atoms with van der Waals surface area (Å²) in [6, 6.07) is 0. The van der Waals surface area contributed by atoms with E-state index in [2.05, 4.69) is 31.2 Å². The highest BCUT2D eigenvalue weighted by atomic mass is 31.2. The number of aliphatic hydroxyl groups is 1. The molecule has 0 aromatic heterocycles. The van der Waals surface area contributed by atoms with Crippen molar-refractivity contribution in [2.75, 3.05) is 27.7 Å². The Balaban J connectivity index is 3.61. The third-order valence-corrected chi connectivity index (χ3v) is 7.72. The summed E-state index contributed by atoms with van der Waals surface area (Å²) in [5.41, 5.74) is 0. The fourth-order valence-electron chi connectivity index (χ4n) is 4.34. The Kier molecular flexibility index (Phi) is 19.4. The molecular weight excluding hydrogens is 445 g/mol. The number of quaternary nitrogens is 1. The molecule has 0 saturated heterocycles. The van der Waals surface area contributed by atoms with Gasteiger partial charge in [0.05, 0.1) is 21.1 Å². The molecule has 6 heteroatoms. The SMILES string of the molecule is CCCCCCC/C=C\CC/C=C\CCCCCCCCCCC(O)(C[N+](C)(C)C)P(=O)(O)O. The molecule has 0 aliphatic carbocycles. The van der Waals surface area contributed by atoms with E-state index in [9.17, 15) is 19.5 Å². The van der Waals surface area contributed by atoms with Crippen LogP contribution in [0.25, 0.3) is 0 Å².